The molecule has 0 fully saturated rings. The Bertz CT molecular complexity index is 463. The Morgan fingerprint density at radius 1 is 1.14 bits per heavy atom. The number of rotatable bonds is 0. The maximum atomic E-state index is 12.9. The van der Waals surface area contributed by atoms with Crippen LogP contribution in [-0.2, 0) is 5.41 Å². The molecule has 0 N–H and O–H groups in total. The Morgan fingerprint density at radius 3 is 2.50 bits per heavy atom. The SMILES string of the molecule is CC(C)(C)c1ccc2cc(F)ccn12. The van der Waals surface area contributed by atoms with Crippen molar-refractivity contribution in [2.75, 3.05) is 0 Å². The second kappa shape index (κ2) is 2.84. The van der Waals surface area contributed by atoms with E-state index < -0.39 is 0 Å². The molecule has 0 aliphatic heterocycles. The zero-order valence-electron chi connectivity index (χ0n) is 8.71. The lowest BCUT2D eigenvalue weighted by Crippen LogP contribution is -2.13. The van der Waals surface area contributed by atoms with Crippen LogP contribution in [0, 0.1) is 5.82 Å². The van der Waals surface area contributed by atoms with E-state index in [1.54, 1.807) is 12.3 Å². The Balaban J connectivity index is 2.70. The third kappa shape index (κ3) is 1.41. The molecular weight excluding hydrogens is 177 g/mol. The van der Waals surface area contributed by atoms with Gasteiger partial charge < -0.3 is 4.40 Å². The minimum absolute atomic E-state index is 0.0875. The molecule has 0 saturated carbocycles. The molecule has 0 atom stereocenters. The molecule has 0 aliphatic rings. The number of aromatic nitrogens is 1. The summed E-state index contributed by atoms with van der Waals surface area (Å²) in [6.45, 7) is 6.45. The van der Waals surface area contributed by atoms with Gasteiger partial charge in [0.25, 0.3) is 0 Å². The van der Waals surface area contributed by atoms with E-state index in [-0.39, 0.29) is 11.2 Å². The van der Waals surface area contributed by atoms with Gasteiger partial charge in [0.2, 0.25) is 0 Å². The lowest BCUT2D eigenvalue weighted by Gasteiger charge is -2.18. The summed E-state index contributed by atoms with van der Waals surface area (Å²) in [6.07, 6.45) is 1.78. The van der Waals surface area contributed by atoms with E-state index in [1.165, 1.54) is 11.8 Å². The van der Waals surface area contributed by atoms with Crippen molar-refractivity contribution in [2.45, 2.75) is 26.2 Å². The maximum absolute atomic E-state index is 12.9. The number of fused-ring (bicyclic) bond motifs is 1. The van der Waals surface area contributed by atoms with Gasteiger partial charge in [0.1, 0.15) is 5.82 Å². The number of halogens is 1. The molecule has 0 amide bonds. The largest absolute Gasteiger partial charge is 0.320 e. The van der Waals surface area contributed by atoms with Crippen LogP contribution in [-0.4, -0.2) is 4.40 Å². The monoisotopic (exact) mass is 191 g/mol. The quantitative estimate of drug-likeness (QED) is 0.601. The molecule has 0 saturated heterocycles. The molecule has 2 aromatic rings. The molecule has 0 aromatic carbocycles. The minimum Gasteiger partial charge on any atom is -0.320 e. The summed E-state index contributed by atoms with van der Waals surface area (Å²) in [6, 6.07) is 7.04. The molecule has 0 aliphatic carbocycles. The molecule has 14 heavy (non-hydrogen) atoms. The van der Waals surface area contributed by atoms with Gasteiger partial charge in [0.15, 0.2) is 0 Å². The average Bonchev–Trinajstić information content (AvgIpc) is 2.45. The Kier molecular flexibility index (Phi) is 1.88. The fraction of sp³-hybridized carbons (Fsp3) is 0.333. The van der Waals surface area contributed by atoms with Crippen LogP contribution in [0.3, 0.4) is 0 Å². The van der Waals surface area contributed by atoms with Gasteiger partial charge in [-0.25, -0.2) is 4.39 Å². The molecule has 74 valence electrons. The van der Waals surface area contributed by atoms with Crippen molar-refractivity contribution in [1.82, 2.24) is 4.40 Å². The van der Waals surface area contributed by atoms with Crippen molar-refractivity contribution >= 4 is 5.52 Å². The van der Waals surface area contributed by atoms with Crippen LogP contribution < -0.4 is 0 Å². The van der Waals surface area contributed by atoms with Crippen molar-refractivity contribution in [3.63, 3.8) is 0 Å². The van der Waals surface area contributed by atoms with Gasteiger partial charge in [-0.15, -0.1) is 0 Å². The van der Waals surface area contributed by atoms with E-state index in [1.807, 2.05) is 10.5 Å². The van der Waals surface area contributed by atoms with Crippen LogP contribution in [0.1, 0.15) is 26.5 Å². The van der Waals surface area contributed by atoms with Gasteiger partial charge in [-0.1, -0.05) is 20.8 Å². The summed E-state index contributed by atoms with van der Waals surface area (Å²) >= 11 is 0. The number of pyridine rings is 1. The van der Waals surface area contributed by atoms with E-state index in [9.17, 15) is 4.39 Å². The van der Waals surface area contributed by atoms with E-state index >= 15 is 0 Å². The number of nitrogens with zero attached hydrogens (tertiary/aromatic N) is 1. The van der Waals surface area contributed by atoms with Gasteiger partial charge in [-0.05, 0) is 24.3 Å². The summed E-state index contributed by atoms with van der Waals surface area (Å²) < 4.78 is 15.0. The van der Waals surface area contributed by atoms with E-state index in [0.717, 1.165) is 5.52 Å². The molecule has 0 spiro atoms. The highest BCUT2D eigenvalue weighted by Gasteiger charge is 2.17. The third-order valence-electron chi connectivity index (χ3n) is 2.39. The standard InChI is InChI=1S/C12H14FN/c1-12(2,3)11-5-4-10-8-9(13)6-7-14(10)11/h4-8H,1-3H3. The van der Waals surface area contributed by atoms with Crippen LogP contribution in [0.5, 0.6) is 0 Å². The molecule has 0 radical (unpaired) electrons. The minimum atomic E-state index is -0.184. The van der Waals surface area contributed by atoms with Gasteiger partial charge in [0, 0.05) is 22.8 Å². The third-order valence-corrected chi connectivity index (χ3v) is 2.39. The van der Waals surface area contributed by atoms with Crippen molar-refractivity contribution in [3.05, 3.63) is 42.0 Å². The second-order valence-corrected chi connectivity index (χ2v) is 4.61. The highest BCUT2D eigenvalue weighted by Crippen LogP contribution is 2.24. The first kappa shape index (κ1) is 9.25. The molecule has 2 aromatic heterocycles. The van der Waals surface area contributed by atoms with Crippen molar-refractivity contribution in [1.29, 1.82) is 0 Å². The molecule has 0 unspecified atom stereocenters. The molecule has 2 heteroatoms. The predicted molar refractivity (Wildman–Crippen MR) is 56.1 cm³/mol. The Morgan fingerprint density at radius 2 is 1.86 bits per heavy atom. The van der Waals surface area contributed by atoms with Crippen molar-refractivity contribution < 1.29 is 4.39 Å². The van der Waals surface area contributed by atoms with Crippen molar-refractivity contribution in [3.8, 4) is 0 Å². The number of hydrogen-bond donors (Lipinski definition) is 0. The van der Waals surface area contributed by atoms with Gasteiger partial charge in [-0.2, -0.15) is 0 Å². The first-order chi connectivity index (χ1) is 6.48. The van der Waals surface area contributed by atoms with E-state index in [0.29, 0.717) is 0 Å². The van der Waals surface area contributed by atoms with Crippen molar-refractivity contribution in [2.24, 2.45) is 0 Å². The van der Waals surface area contributed by atoms with Gasteiger partial charge in [-0.3, -0.25) is 0 Å². The number of hydrogen-bond acceptors (Lipinski definition) is 0. The fourth-order valence-electron chi connectivity index (χ4n) is 1.69. The van der Waals surface area contributed by atoms with Gasteiger partial charge in [0.05, 0.1) is 0 Å². The summed E-state index contributed by atoms with van der Waals surface area (Å²) in [4.78, 5) is 0. The summed E-state index contributed by atoms with van der Waals surface area (Å²) in [7, 11) is 0. The highest BCUT2D eigenvalue weighted by molar-refractivity contribution is 5.50. The lowest BCUT2D eigenvalue weighted by atomic mass is 9.92. The zero-order chi connectivity index (χ0) is 10.3. The first-order valence-corrected chi connectivity index (χ1v) is 4.75. The smallest absolute Gasteiger partial charge is 0.126 e. The fourth-order valence-corrected chi connectivity index (χ4v) is 1.69. The maximum Gasteiger partial charge on any atom is 0.126 e. The van der Waals surface area contributed by atoms with E-state index in [4.69, 9.17) is 0 Å². The lowest BCUT2D eigenvalue weighted by molar-refractivity contribution is 0.562. The average molecular weight is 191 g/mol. The van der Waals surface area contributed by atoms with Gasteiger partial charge >= 0.3 is 0 Å². The Hall–Kier alpha value is -1.31. The van der Waals surface area contributed by atoms with Crippen LogP contribution in [0.15, 0.2) is 30.5 Å². The van der Waals surface area contributed by atoms with Crippen LogP contribution >= 0.6 is 0 Å². The summed E-state index contributed by atoms with van der Waals surface area (Å²) in [5.74, 6) is -0.184. The second-order valence-electron chi connectivity index (χ2n) is 4.61. The molecule has 0 bridgehead atoms. The molecular formula is C12H14FN. The summed E-state index contributed by atoms with van der Waals surface area (Å²) in [5, 5.41) is 0. The first-order valence-electron chi connectivity index (χ1n) is 4.75. The molecule has 2 heterocycles. The molecule has 2 rings (SSSR count). The highest BCUT2D eigenvalue weighted by atomic mass is 19.1. The zero-order valence-corrected chi connectivity index (χ0v) is 8.71. The topological polar surface area (TPSA) is 4.41 Å². The molecule has 1 nitrogen and oxygen atoms in total. The van der Waals surface area contributed by atoms with Crippen LogP contribution in [0.2, 0.25) is 0 Å². The normalized spacial score (nSPS) is 12.3. The van der Waals surface area contributed by atoms with Crippen LogP contribution in [0.4, 0.5) is 4.39 Å². The summed E-state index contributed by atoms with van der Waals surface area (Å²) in [5.41, 5.74) is 2.20. The predicted octanol–water partition coefficient (Wildman–Crippen LogP) is 3.38. The van der Waals surface area contributed by atoms with Crippen LogP contribution in [0.25, 0.3) is 5.52 Å². The van der Waals surface area contributed by atoms with E-state index in [2.05, 4.69) is 26.8 Å². The Labute approximate surface area is 83.2 Å².